The summed E-state index contributed by atoms with van der Waals surface area (Å²) in [6.45, 7) is 3.54. The highest BCUT2D eigenvalue weighted by Gasteiger charge is 1.95. The number of hydrogen-bond donors (Lipinski definition) is 1. The van der Waals surface area contributed by atoms with Gasteiger partial charge in [0.25, 0.3) is 0 Å². The Kier molecular flexibility index (Phi) is 2.96. The van der Waals surface area contributed by atoms with E-state index in [1.54, 1.807) is 30.6 Å². The van der Waals surface area contributed by atoms with Gasteiger partial charge in [0.05, 0.1) is 12.0 Å². The molecule has 2 N–H and O–H groups in total. The molecule has 1 heterocycles. The number of hydrogen-bond acceptors (Lipinski definition) is 2. The minimum absolute atomic E-state index is 0.609. The zero-order chi connectivity index (χ0) is 8.81. The maximum atomic E-state index is 5.66. The van der Waals surface area contributed by atoms with Gasteiger partial charge in [-0.25, -0.2) is 0 Å². The van der Waals surface area contributed by atoms with E-state index in [2.05, 4.69) is 6.58 Å². The normalized spacial score (nSPS) is 12.2. The van der Waals surface area contributed by atoms with E-state index in [1.165, 1.54) is 0 Å². The van der Waals surface area contributed by atoms with Crippen molar-refractivity contribution in [1.29, 1.82) is 0 Å². The van der Waals surface area contributed by atoms with Crippen molar-refractivity contribution in [3.05, 3.63) is 55.0 Å². The topological polar surface area (TPSA) is 39.2 Å². The van der Waals surface area contributed by atoms with Crippen LogP contribution in [0.15, 0.2) is 53.7 Å². The van der Waals surface area contributed by atoms with Gasteiger partial charge in [0, 0.05) is 0 Å². The maximum absolute atomic E-state index is 5.66. The molecule has 0 fully saturated rings. The van der Waals surface area contributed by atoms with E-state index in [1.807, 2.05) is 12.1 Å². The van der Waals surface area contributed by atoms with Gasteiger partial charge in [-0.1, -0.05) is 24.8 Å². The summed E-state index contributed by atoms with van der Waals surface area (Å²) < 4.78 is 5.07. The summed E-state index contributed by atoms with van der Waals surface area (Å²) in [5.41, 5.74) is 6.27. The lowest BCUT2D eigenvalue weighted by Gasteiger charge is -1.91. The minimum atomic E-state index is 0.609. The first-order valence-electron chi connectivity index (χ1n) is 3.63. The minimum Gasteiger partial charge on any atom is -0.463 e. The van der Waals surface area contributed by atoms with E-state index < -0.39 is 0 Å². The van der Waals surface area contributed by atoms with Crippen molar-refractivity contribution in [3.8, 4) is 0 Å². The molecule has 0 spiro atoms. The molecule has 0 unspecified atom stereocenters. The standard InChI is InChI=1S/C10H11NO/c1-2-3-4-6-9(11)10-7-5-8-12-10/h2-8H,1,11H2/b4-3+,9-6-. The van der Waals surface area contributed by atoms with Crippen molar-refractivity contribution in [3.63, 3.8) is 0 Å². The summed E-state index contributed by atoms with van der Waals surface area (Å²) in [5, 5.41) is 0. The summed E-state index contributed by atoms with van der Waals surface area (Å²) in [4.78, 5) is 0. The predicted octanol–water partition coefficient (Wildman–Crippen LogP) is 2.32. The molecule has 0 saturated heterocycles. The average Bonchev–Trinajstić information content (AvgIpc) is 2.56. The van der Waals surface area contributed by atoms with Gasteiger partial charge in [-0.2, -0.15) is 0 Å². The van der Waals surface area contributed by atoms with Crippen molar-refractivity contribution in [2.24, 2.45) is 5.73 Å². The van der Waals surface area contributed by atoms with Crippen LogP contribution in [0.2, 0.25) is 0 Å². The summed E-state index contributed by atoms with van der Waals surface area (Å²) in [7, 11) is 0. The first-order chi connectivity index (χ1) is 5.84. The number of furan rings is 1. The monoisotopic (exact) mass is 161 g/mol. The van der Waals surface area contributed by atoms with Crippen LogP contribution in [0, 0.1) is 0 Å². The Hall–Kier alpha value is -1.70. The third-order valence-electron chi connectivity index (χ3n) is 1.33. The number of nitrogens with two attached hydrogens (primary N) is 1. The van der Waals surface area contributed by atoms with E-state index >= 15 is 0 Å². The fourth-order valence-electron chi connectivity index (χ4n) is 0.763. The fourth-order valence-corrected chi connectivity index (χ4v) is 0.763. The maximum Gasteiger partial charge on any atom is 0.149 e. The highest BCUT2D eigenvalue weighted by molar-refractivity contribution is 5.59. The van der Waals surface area contributed by atoms with Crippen molar-refractivity contribution in [1.82, 2.24) is 0 Å². The molecule has 0 amide bonds. The summed E-state index contributed by atoms with van der Waals surface area (Å²) >= 11 is 0. The summed E-state index contributed by atoms with van der Waals surface area (Å²) in [6, 6.07) is 3.61. The van der Waals surface area contributed by atoms with Crippen LogP contribution in [0.25, 0.3) is 5.70 Å². The zero-order valence-corrected chi connectivity index (χ0v) is 6.73. The van der Waals surface area contributed by atoms with E-state index in [9.17, 15) is 0 Å². The Bertz CT molecular complexity index is 294. The van der Waals surface area contributed by atoms with Gasteiger partial charge in [-0.05, 0) is 18.2 Å². The quantitative estimate of drug-likeness (QED) is 0.691. The van der Waals surface area contributed by atoms with Crippen LogP contribution in [0.1, 0.15) is 5.76 Å². The van der Waals surface area contributed by atoms with Gasteiger partial charge in [0.15, 0.2) is 0 Å². The molecular formula is C10H11NO. The Morgan fingerprint density at radius 2 is 2.33 bits per heavy atom. The van der Waals surface area contributed by atoms with Crippen LogP contribution in [-0.2, 0) is 0 Å². The Labute approximate surface area is 71.7 Å². The molecule has 0 aliphatic rings. The second-order valence-corrected chi connectivity index (χ2v) is 2.22. The predicted molar refractivity (Wildman–Crippen MR) is 50.2 cm³/mol. The van der Waals surface area contributed by atoms with Gasteiger partial charge in [-0.15, -0.1) is 0 Å². The smallest absolute Gasteiger partial charge is 0.149 e. The number of allylic oxidation sites excluding steroid dienone is 4. The van der Waals surface area contributed by atoms with Crippen molar-refractivity contribution in [2.75, 3.05) is 0 Å². The Morgan fingerprint density at radius 1 is 1.50 bits per heavy atom. The molecule has 0 aliphatic heterocycles. The fraction of sp³-hybridized carbons (Fsp3) is 0. The average molecular weight is 161 g/mol. The van der Waals surface area contributed by atoms with Crippen molar-refractivity contribution >= 4 is 5.70 Å². The molecular weight excluding hydrogens is 150 g/mol. The molecule has 0 radical (unpaired) electrons. The van der Waals surface area contributed by atoms with E-state index in [0.717, 1.165) is 0 Å². The lowest BCUT2D eigenvalue weighted by atomic mass is 10.3. The van der Waals surface area contributed by atoms with E-state index in [4.69, 9.17) is 10.2 Å². The van der Waals surface area contributed by atoms with Gasteiger partial charge in [0.1, 0.15) is 5.76 Å². The van der Waals surface area contributed by atoms with Gasteiger partial charge >= 0.3 is 0 Å². The molecule has 1 aromatic heterocycles. The molecule has 0 atom stereocenters. The summed E-state index contributed by atoms with van der Waals surface area (Å²) in [6.07, 6.45) is 8.65. The highest BCUT2D eigenvalue weighted by Crippen LogP contribution is 2.08. The lowest BCUT2D eigenvalue weighted by Crippen LogP contribution is -1.92. The van der Waals surface area contributed by atoms with Gasteiger partial charge in [-0.3, -0.25) is 0 Å². The zero-order valence-electron chi connectivity index (χ0n) is 6.73. The molecule has 1 rings (SSSR count). The molecule has 2 heteroatoms. The third-order valence-corrected chi connectivity index (χ3v) is 1.33. The third kappa shape index (κ3) is 2.16. The van der Waals surface area contributed by atoms with Crippen LogP contribution in [0.4, 0.5) is 0 Å². The largest absolute Gasteiger partial charge is 0.463 e. The summed E-state index contributed by atoms with van der Waals surface area (Å²) in [5.74, 6) is 0.684. The molecule has 0 saturated carbocycles. The van der Waals surface area contributed by atoms with Gasteiger partial charge in [0.2, 0.25) is 0 Å². The van der Waals surface area contributed by atoms with E-state index in [-0.39, 0.29) is 0 Å². The molecule has 0 bridgehead atoms. The van der Waals surface area contributed by atoms with Crippen LogP contribution in [-0.4, -0.2) is 0 Å². The first-order valence-corrected chi connectivity index (χ1v) is 3.63. The molecule has 2 nitrogen and oxygen atoms in total. The van der Waals surface area contributed by atoms with Crippen LogP contribution in [0.5, 0.6) is 0 Å². The van der Waals surface area contributed by atoms with Crippen LogP contribution >= 0.6 is 0 Å². The van der Waals surface area contributed by atoms with E-state index in [0.29, 0.717) is 11.5 Å². The molecule has 1 aromatic rings. The molecule has 0 aromatic carbocycles. The van der Waals surface area contributed by atoms with Crippen molar-refractivity contribution < 1.29 is 4.42 Å². The molecule has 12 heavy (non-hydrogen) atoms. The lowest BCUT2D eigenvalue weighted by molar-refractivity contribution is 0.552. The second-order valence-electron chi connectivity index (χ2n) is 2.22. The molecule has 0 aliphatic carbocycles. The van der Waals surface area contributed by atoms with Gasteiger partial charge < -0.3 is 10.2 Å². The second kappa shape index (κ2) is 4.23. The molecule has 62 valence electrons. The first kappa shape index (κ1) is 8.40. The van der Waals surface area contributed by atoms with Crippen molar-refractivity contribution in [2.45, 2.75) is 0 Å². The number of rotatable bonds is 3. The van der Waals surface area contributed by atoms with Crippen LogP contribution in [0.3, 0.4) is 0 Å². The Morgan fingerprint density at radius 3 is 2.92 bits per heavy atom. The highest BCUT2D eigenvalue weighted by atomic mass is 16.3. The Balaban J connectivity index is 2.71. The van der Waals surface area contributed by atoms with Crippen LogP contribution < -0.4 is 5.73 Å². The SMILES string of the molecule is C=C/C=C/C=C(\N)c1ccco1.